The lowest BCUT2D eigenvalue weighted by atomic mass is 9.96. The zero-order valence-electron chi connectivity index (χ0n) is 9.73. The summed E-state index contributed by atoms with van der Waals surface area (Å²) in [5.41, 5.74) is -0.217. The van der Waals surface area contributed by atoms with Crippen LogP contribution in [0.25, 0.3) is 0 Å². The molecule has 6 heteroatoms. The van der Waals surface area contributed by atoms with Crippen LogP contribution >= 0.6 is 0 Å². The molecule has 0 radical (unpaired) electrons. The Balaban J connectivity index is 2.58. The topological polar surface area (TPSA) is 38.3 Å². The maximum atomic E-state index is 12.9. The summed E-state index contributed by atoms with van der Waals surface area (Å²) in [5.74, 6) is -0.962. The minimum atomic E-state index is -4.57. The van der Waals surface area contributed by atoms with Crippen molar-refractivity contribution in [2.45, 2.75) is 19.0 Å². The van der Waals surface area contributed by atoms with Gasteiger partial charge in [0.05, 0.1) is 18.2 Å². The fraction of sp³-hybridized carbons (Fsp3) is 0.417. The molecule has 98 valence electrons. The highest BCUT2D eigenvalue weighted by molar-refractivity contribution is 5.92. The standard InChI is InChI=1S/C12H12F3NO2/c1-18-11(17)8-5-7-3-2-4-16-10(7)6-9(8)12(13,14)15/h5-6,16H,2-4H2,1H3. The molecule has 0 aromatic heterocycles. The number of carbonyl (C=O) groups excluding carboxylic acids is 1. The third-order valence-corrected chi connectivity index (χ3v) is 2.89. The van der Waals surface area contributed by atoms with Gasteiger partial charge in [-0.2, -0.15) is 13.2 Å². The largest absolute Gasteiger partial charge is 0.465 e. The van der Waals surface area contributed by atoms with E-state index in [0.717, 1.165) is 25.2 Å². The number of esters is 1. The van der Waals surface area contributed by atoms with E-state index >= 15 is 0 Å². The predicted octanol–water partition coefficient (Wildman–Crippen LogP) is 2.85. The Morgan fingerprint density at radius 2 is 2.11 bits per heavy atom. The fourth-order valence-electron chi connectivity index (χ4n) is 2.03. The number of aryl methyl sites for hydroxylation is 1. The quantitative estimate of drug-likeness (QED) is 0.788. The number of fused-ring (bicyclic) bond motifs is 1. The predicted molar refractivity (Wildman–Crippen MR) is 59.6 cm³/mol. The van der Waals surface area contributed by atoms with Crippen molar-refractivity contribution >= 4 is 11.7 Å². The molecule has 0 bridgehead atoms. The van der Waals surface area contributed by atoms with Crippen molar-refractivity contribution in [3.05, 3.63) is 28.8 Å². The van der Waals surface area contributed by atoms with Gasteiger partial charge in [0.15, 0.2) is 0 Å². The van der Waals surface area contributed by atoms with Crippen molar-refractivity contribution in [3.8, 4) is 0 Å². The number of hydrogen-bond donors (Lipinski definition) is 1. The molecule has 0 fully saturated rings. The van der Waals surface area contributed by atoms with Gasteiger partial charge >= 0.3 is 12.1 Å². The summed E-state index contributed by atoms with van der Waals surface area (Å²) in [5, 5.41) is 2.91. The van der Waals surface area contributed by atoms with Crippen molar-refractivity contribution in [3.63, 3.8) is 0 Å². The molecule has 1 aliphatic heterocycles. The van der Waals surface area contributed by atoms with Gasteiger partial charge in [-0.15, -0.1) is 0 Å². The van der Waals surface area contributed by atoms with Gasteiger partial charge < -0.3 is 10.1 Å². The molecule has 0 spiro atoms. The maximum Gasteiger partial charge on any atom is 0.417 e. The minimum Gasteiger partial charge on any atom is -0.465 e. The molecule has 3 nitrogen and oxygen atoms in total. The Morgan fingerprint density at radius 3 is 2.72 bits per heavy atom. The lowest BCUT2D eigenvalue weighted by Crippen LogP contribution is -2.19. The van der Waals surface area contributed by atoms with Crippen LogP contribution in [0.1, 0.15) is 27.9 Å². The number of anilines is 1. The number of alkyl halides is 3. The highest BCUT2D eigenvalue weighted by Gasteiger charge is 2.36. The number of ether oxygens (including phenoxy) is 1. The second-order valence-electron chi connectivity index (χ2n) is 4.07. The lowest BCUT2D eigenvalue weighted by molar-refractivity contribution is -0.138. The van der Waals surface area contributed by atoms with E-state index in [4.69, 9.17) is 0 Å². The summed E-state index contributed by atoms with van der Waals surface area (Å²) in [6, 6.07) is 2.26. The Kier molecular flexibility index (Phi) is 3.19. The number of methoxy groups -OCH3 is 1. The van der Waals surface area contributed by atoms with E-state index in [9.17, 15) is 18.0 Å². The smallest absolute Gasteiger partial charge is 0.417 e. The van der Waals surface area contributed by atoms with Crippen molar-refractivity contribution in [2.24, 2.45) is 0 Å². The Morgan fingerprint density at radius 1 is 1.39 bits per heavy atom. The number of carbonyl (C=O) groups is 1. The molecule has 0 saturated heterocycles. The number of rotatable bonds is 1. The van der Waals surface area contributed by atoms with Crippen molar-refractivity contribution in [1.29, 1.82) is 0 Å². The van der Waals surface area contributed by atoms with E-state index in [1.165, 1.54) is 6.07 Å². The fourth-order valence-corrected chi connectivity index (χ4v) is 2.03. The Bertz CT molecular complexity index is 483. The molecule has 2 rings (SSSR count). The molecule has 0 aliphatic carbocycles. The Labute approximate surface area is 102 Å². The zero-order valence-corrected chi connectivity index (χ0v) is 9.73. The monoisotopic (exact) mass is 259 g/mol. The molecule has 0 atom stereocenters. The molecule has 1 aliphatic rings. The van der Waals surface area contributed by atoms with Gasteiger partial charge in [0.25, 0.3) is 0 Å². The van der Waals surface area contributed by atoms with Crippen LogP contribution in [0, 0.1) is 0 Å². The Hall–Kier alpha value is -1.72. The first-order valence-corrected chi connectivity index (χ1v) is 5.50. The summed E-state index contributed by atoms with van der Waals surface area (Å²) in [7, 11) is 1.07. The number of hydrogen-bond acceptors (Lipinski definition) is 3. The van der Waals surface area contributed by atoms with Crippen LogP contribution in [0.3, 0.4) is 0 Å². The van der Waals surface area contributed by atoms with Crippen LogP contribution in [0.5, 0.6) is 0 Å². The van der Waals surface area contributed by atoms with Gasteiger partial charge in [-0.1, -0.05) is 0 Å². The van der Waals surface area contributed by atoms with Crippen molar-refractivity contribution < 1.29 is 22.7 Å². The van der Waals surface area contributed by atoms with Crippen LogP contribution < -0.4 is 5.32 Å². The molecule has 18 heavy (non-hydrogen) atoms. The summed E-state index contributed by atoms with van der Waals surface area (Å²) in [6.45, 7) is 0.641. The van der Waals surface area contributed by atoms with Crippen LogP contribution in [0.2, 0.25) is 0 Å². The molecule has 1 aromatic carbocycles. The van der Waals surface area contributed by atoms with E-state index in [1.54, 1.807) is 0 Å². The number of benzene rings is 1. The molecule has 1 heterocycles. The van der Waals surface area contributed by atoms with Crippen molar-refractivity contribution in [1.82, 2.24) is 0 Å². The summed E-state index contributed by atoms with van der Waals surface area (Å²) in [6.07, 6.45) is -3.08. The summed E-state index contributed by atoms with van der Waals surface area (Å²) < 4.78 is 43.0. The minimum absolute atomic E-state index is 0.424. The van der Waals surface area contributed by atoms with Gasteiger partial charge in [0.1, 0.15) is 0 Å². The average Bonchev–Trinajstić information content (AvgIpc) is 2.35. The van der Waals surface area contributed by atoms with Crippen LogP contribution in [0.15, 0.2) is 12.1 Å². The van der Waals surface area contributed by atoms with Crippen LogP contribution in [-0.2, 0) is 17.3 Å². The first-order valence-electron chi connectivity index (χ1n) is 5.50. The van der Waals surface area contributed by atoms with E-state index < -0.39 is 23.3 Å². The molecule has 0 amide bonds. The lowest BCUT2D eigenvalue weighted by Gasteiger charge is -2.21. The molecule has 1 aromatic rings. The van der Waals surface area contributed by atoms with E-state index in [1.807, 2.05) is 0 Å². The number of nitrogens with one attached hydrogen (secondary N) is 1. The van der Waals surface area contributed by atoms with E-state index in [-0.39, 0.29) is 0 Å². The van der Waals surface area contributed by atoms with Crippen LogP contribution in [0.4, 0.5) is 18.9 Å². The molecular formula is C12H12F3NO2. The second-order valence-corrected chi connectivity index (χ2v) is 4.07. The van der Waals surface area contributed by atoms with Gasteiger partial charge in [-0.05, 0) is 30.5 Å². The van der Waals surface area contributed by atoms with Gasteiger partial charge in [0.2, 0.25) is 0 Å². The number of halogens is 3. The third-order valence-electron chi connectivity index (χ3n) is 2.89. The highest BCUT2D eigenvalue weighted by Crippen LogP contribution is 2.36. The van der Waals surface area contributed by atoms with Crippen LogP contribution in [-0.4, -0.2) is 19.6 Å². The first kappa shape index (κ1) is 12.7. The molecular weight excluding hydrogens is 247 g/mol. The zero-order chi connectivity index (χ0) is 13.3. The highest BCUT2D eigenvalue weighted by atomic mass is 19.4. The van der Waals surface area contributed by atoms with Crippen molar-refractivity contribution in [2.75, 3.05) is 19.0 Å². The summed E-state index contributed by atoms with van der Waals surface area (Å²) >= 11 is 0. The van der Waals surface area contributed by atoms with E-state index in [2.05, 4.69) is 10.1 Å². The SMILES string of the molecule is COC(=O)c1cc2c(cc1C(F)(F)F)NCCC2. The van der Waals surface area contributed by atoms with E-state index in [0.29, 0.717) is 18.7 Å². The molecule has 0 unspecified atom stereocenters. The molecule has 0 saturated carbocycles. The summed E-state index contributed by atoms with van der Waals surface area (Å²) in [4.78, 5) is 11.4. The average molecular weight is 259 g/mol. The first-order chi connectivity index (χ1) is 8.43. The second kappa shape index (κ2) is 4.51. The van der Waals surface area contributed by atoms with Gasteiger partial charge in [-0.3, -0.25) is 0 Å². The van der Waals surface area contributed by atoms with Gasteiger partial charge in [-0.25, -0.2) is 4.79 Å². The third kappa shape index (κ3) is 2.27. The molecule has 1 N–H and O–H groups in total. The maximum absolute atomic E-state index is 12.9. The normalized spacial score (nSPS) is 14.7. The van der Waals surface area contributed by atoms with Gasteiger partial charge in [0, 0.05) is 12.2 Å².